The molecule has 3 nitrogen and oxygen atoms in total. The normalized spacial score (nSPS) is 13.7. The zero-order valence-electron chi connectivity index (χ0n) is 45.2. The topological polar surface area (TPSA) is 21.7 Å². The minimum atomic E-state index is -0.582. The van der Waals surface area contributed by atoms with Gasteiger partial charge in [-0.25, -0.2) is 0 Å². The number of para-hydroxylation sites is 5. The Morgan fingerprint density at radius 2 is 0.542 bits per heavy atom. The maximum absolute atomic E-state index is 6.72. The zero-order chi connectivity index (χ0) is 54.6. The van der Waals surface area contributed by atoms with E-state index in [1.54, 1.807) is 0 Å². The predicted molar refractivity (Wildman–Crippen MR) is 338 cm³/mol. The molecule has 0 aromatic heterocycles. The first-order valence-electron chi connectivity index (χ1n) is 28.6. The molecule has 0 saturated heterocycles. The highest BCUT2D eigenvalue weighted by Crippen LogP contribution is 2.65. The third kappa shape index (κ3) is 6.80. The molecule has 0 fully saturated rings. The second-order valence-electron chi connectivity index (χ2n) is 22.1. The Morgan fingerprint density at radius 1 is 0.217 bits per heavy atom. The van der Waals surface area contributed by atoms with Gasteiger partial charge in [-0.05, 0) is 138 Å². The van der Waals surface area contributed by atoms with E-state index in [1.807, 2.05) is 0 Å². The van der Waals surface area contributed by atoms with Crippen LogP contribution in [-0.4, -0.2) is 0 Å². The van der Waals surface area contributed by atoms with Crippen LogP contribution in [0.3, 0.4) is 0 Å². The summed E-state index contributed by atoms with van der Waals surface area (Å²) < 4.78 is 13.4. The Bertz CT molecular complexity index is 4430. The van der Waals surface area contributed by atoms with Crippen molar-refractivity contribution in [1.82, 2.24) is 0 Å². The molecule has 2 heterocycles. The molecule has 0 radical (unpaired) electrons. The highest BCUT2D eigenvalue weighted by molar-refractivity contribution is 6.00. The van der Waals surface area contributed by atoms with Crippen molar-refractivity contribution in [1.29, 1.82) is 0 Å². The number of hydrogen-bond acceptors (Lipinski definition) is 3. The molecule has 4 aliphatic rings. The molecule has 0 unspecified atom stereocenters. The van der Waals surface area contributed by atoms with Crippen molar-refractivity contribution in [3.63, 3.8) is 0 Å². The van der Waals surface area contributed by atoms with Crippen LogP contribution in [0.1, 0.15) is 44.5 Å². The number of anilines is 3. The van der Waals surface area contributed by atoms with E-state index in [4.69, 9.17) is 9.47 Å². The summed E-state index contributed by atoms with van der Waals surface area (Å²) in [5.41, 5.74) is 25.9. The predicted octanol–water partition coefficient (Wildman–Crippen LogP) is 20.8. The Kier molecular flexibility index (Phi) is 10.4. The van der Waals surface area contributed by atoms with Gasteiger partial charge < -0.3 is 14.4 Å². The lowest BCUT2D eigenvalue weighted by atomic mass is 9.66. The minimum Gasteiger partial charge on any atom is -0.457 e. The number of rotatable bonds is 7. The third-order valence-corrected chi connectivity index (χ3v) is 18.0. The zero-order valence-corrected chi connectivity index (χ0v) is 45.2. The van der Waals surface area contributed by atoms with Crippen LogP contribution >= 0.6 is 0 Å². The molecule has 0 saturated carbocycles. The molecule has 388 valence electrons. The molecular weight excluding hydrogens is 1010 g/mol. The molecule has 83 heavy (non-hydrogen) atoms. The maximum atomic E-state index is 6.72. The fourth-order valence-electron chi connectivity index (χ4n) is 14.7. The van der Waals surface area contributed by atoms with Gasteiger partial charge in [0, 0.05) is 39.2 Å². The summed E-state index contributed by atoms with van der Waals surface area (Å²) in [6.45, 7) is 0. The molecule has 2 spiro atoms. The second-order valence-corrected chi connectivity index (χ2v) is 22.1. The van der Waals surface area contributed by atoms with Crippen molar-refractivity contribution in [2.24, 2.45) is 0 Å². The smallest absolute Gasteiger partial charge is 0.132 e. The Balaban J connectivity index is 0.867. The van der Waals surface area contributed by atoms with Gasteiger partial charge in [-0.15, -0.1) is 0 Å². The van der Waals surface area contributed by atoms with Crippen molar-refractivity contribution in [2.75, 3.05) is 4.90 Å². The monoisotopic (exact) mass is 1060 g/mol. The average Bonchev–Trinajstić information content (AvgIpc) is 1.63. The van der Waals surface area contributed by atoms with Crippen LogP contribution in [0.2, 0.25) is 0 Å². The van der Waals surface area contributed by atoms with Gasteiger partial charge in [0.15, 0.2) is 0 Å². The second kappa shape index (κ2) is 18.4. The summed E-state index contributed by atoms with van der Waals surface area (Å²) in [5.74, 6) is 3.54. The van der Waals surface area contributed by atoms with Gasteiger partial charge in [0.05, 0.1) is 16.5 Å². The van der Waals surface area contributed by atoms with Crippen LogP contribution in [-0.2, 0) is 10.8 Å². The van der Waals surface area contributed by atoms with E-state index in [9.17, 15) is 0 Å². The van der Waals surface area contributed by atoms with E-state index in [-0.39, 0.29) is 0 Å². The molecule has 0 bridgehead atoms. The summed E-state index contributed by atoms with van der Waals surface area (Å²) in [6, 6.07) is 113. The SMILES string of the molecule is c1ccc(-c2ccc(-c3ccccc3N(c3cccc(-c4cccc5c4-c4ccccc4C54c5ccccc5Oc5ccccc54)c3)c3cccc(-c4cccc5c4-c4ccccc4C54c5ccccc5Oc5ccccc54)c3)cc2)cc1. The number of hydrogen-bond donors (Lipinski definition) is 0. The van der Waals surface area contributed by atoms with Gasteiger partial charge in [-0.2, -0.15) is 0 Å². The van der Waals surface area contributed by atoms with Gasteiger partial charge in [0.25, 0.3) is 0 Å². The summed E-state index contributed by atoms with van der Waals surface area (Å²) in [5, 5.41) is 0. The van der Waals surface area contributed by atoms with Crippen molar-refractivity contribution < 1.29 is 9.47 Å². The van der Waals surface area contributed by atoms with E-state index in [0.29, 0.717) is 0 Å². The van der Waals surface area contributed by atoms with Crippen molar-refractivity contribution in [2.45, 2.75) is 10.8 Å². The molecule has 17 rings (SSSR count). The average molecular weight is 1060 g/mol. The molecule has 0 N–H and O–H groups in total. The van der Waals surface area contributed by atoms with E-state index < -0.39 is 10.8 Å². The van der Waals surface area contributed by atoms with Gasteiger partial charge in [-0.3, -0.25) is 0 Å². The molecule has 13 aromatic carbocycles. The van der Waals surface area contributed by atoms with Crippen LogP contribution in [0.25, 0.3) is 66.8 Å². The first kappa shape index (κ1) is 47.1. The molecule has 13 aromatic rings. The van der Waals surface area contributed by atoms with Gasteiger partial charge in [0.2, 0.25) is 0 Å². The maximum Gasteiger partial charge on any atom is 0.132 e. The highest BCUT2D eigenvalue weighted by atomic mass is 16.5. The van der Waals surface area contributed by atoms with Gasteiger partial charge in [-0.1, -0.05) is 255 Å². The summed E-state index contributed by atoms with van der Waals surface area (Å²) in [7, 11) is 0. The number of ether oxygens (including phenoxy) is 2. The molecule has 0 atom stereocenters. The number of benzene rings is 13. The number of fused-ring (bicyclic) bond motifs is 18. The van der Waals surface area contributed by atoms with E-state index in [0.717, 1.165) is 84.6 Å². The largest absolute Gasteiger partial charge is 0.457 e. The van der Waals surface area contributed by atoms with Crippen molar-refractivity contribution >= 4 is 17.1 Å². The molecule has 3 heteroatoms. The Labute approximate surface area is 483 Å². The van der Waals surface area contributed by atoms with Crippen LogP contribution in [0.5, 0.6) is 23.0 Å². The van der Waals surface area contributed by atoms with E-state index >= 15 is 0 Å². The van der Waals surface area contributed by atoms with Crippen LogP contribution < -0.4 is 14.4 Å². The molecule has 2 aliphatic heterocycles. The highest BCUT2D eigenvalue weighted by Gasteiger charge is 2.53. The number of nitrogens with zero attached hydrogens (tertiary/aromatic N) is 1. The summed E-state index contributed by atoms with van der Waals surface area (Å²) >= 11 is 0. The van der Waals surface area contributed by atoms with Gasteiger partial charge >= 0.3 is 0 Å². The molecule has 2 aliphatic carbocycles. The molecular formula is C80H51NO2. The lowest BCUT2D eigenvalue weighted by molar-refractivity contribution is 0.436. The van der Waals surface area contributed by atoms with Crippen molar-refractivity contribution in [3.05, 3.63) is 354 Å². The first-order valence-corrected chi connectivity index (χ1v) is 28.6. The Morgan fingerprint density at radius 3 is 1.01 bits per heavy atom. The first-order chi connectivity index (χ1) is 41.2. The fraction of sp³-hybridized carbons (Fsp3) is 0.0250. The lowest BCUT2D eigenvalue weighted by Crippen LogP contribution is -2.32. The Hall–Kier alpha value is -10.7. The standard InChI is InChI=1S/C80H51NO2/c1-2-22-52(23-3-1)53-46-48-54(49-47-53)59-28-6-13-41-72(59)81(57-26-18-24-55(50-57)60-31-20-39-70-77(60)62-29-4-7-33-64(62)79(70)66-35-9-14-42-73(66)82-74-43-15-10-36-67(74)79)58-27-19-25-56(51-58)61-32-21-40-71-78(61)63-30-5-8-34-65(63)80(71)68-37-11-16-44-75(68)83-76-45-17-12-38-69(76)80/h1-51H. The minimum absolute atomic E-state index is 0.582. The van der Waals surface area contributed by atoms with E-state index in [1.165, 1.54) is 66.8 Å². The quantitative estimate of drug-likeness (QED) is 0.159. The van der Waals surface area contributed by atoms with E-state index in [2.05, 4.69) is 314 Å². The van der Waals surface area contributed by atoms with Crippen molar-refractivity contribution in [3.8, 4) is 89.8 Å². The fourth-order valence-corrected chi connectivity index (χ4v) is 14.7. The molecule has 0 amide bonds. The van der Waals surface area contributed by atoms with Crippen LogP contribution in [0.15, 0.2) is 309 Å². The van der Waals surface area contributed by atoms with Crippen LogP contribution in [0, 0.1) is 0 Å². The third-order valence-electron chi connectivity index (χ3n) is 18.0. The lowest BCUT2D eigenvalue weighted by Gasteiger charge is -2.39. The van der Waals surface area contributed by atoms with Crippen LogP contribution in [0.4, 0.5) is 17.1 Å². The summed E-state index contributed by atoms with van der Waals surface area (Å²) in [4.78, 5) is 2.47. The summed E-state index contributed by atoms with van der Waals surface area (Å²) in [6.07, 6.45) is 0. The van der Waals surface area contributed by atoms with Gasteiger partial charge in [0.1, 0.15) is 23.0 Å².